The van der Waals surface area contributed by atoms with Gasteiger partial charge in [0.25, 0.3) is 10.0 Å². The molecule has 2 aromatic carbocycles. The molecule has 1 heterocycles. The fourth-order valence-corrected chi connectivity index (χ4v) is 5.12. The second-order valence-corrected chi connectivity index (χ2v) is 10.5. The second kappa shape index (κ2) is 8.08. The molecule has 1 N–H and O–H groups in total. The maximum absolute atomic E-state index is 12.8. The van der Waals surface area contributed by atoms with Crippen molar-refractivity contribution in [2.45, 2.75) is 16.4 Å². The predicted molar refractivity (Wildman–Crippen MR) is 108 cm³/mol. The third-order valence-corrected chi connectivity index (χ3v) is 7.20. The molecule has 7 nitrogen and oxygen atoms in total. The minimum atomic E-state index is -4.16. The molecule has 3 aromatic rings. The van der Waals surface area contributed by atoms with Crippen molar-refractivity contribution in [3.8, 4) is 5.75 Å². The fourth-order valence-electron chi connectivity index (χ4n) is 2.26. The number of halogens is 1. The zero-order valence-electron chi connectivity index (χ0n) is 14.5. The molecular weight excluding hydrogens is 444 g/mol. The van der Waals surface area contributed by atoms with E-state index in [1.54, 1.807) is 23.7 Å². The SMILES string of the molecule is CS(=O)(=O)c1ccc(Cl)c(S(=O)(=O)Nc2ccccc2OCc2cscn2)c1. The molecule has 28 heavy (non-hydrogen) atoms. The number of thiazole rings is 1. The Morgan fingerprint density at radius 2 is 1.89 bits per heavy atom. The number of hydrogen-bond acceptors (Lipinski definition) is 7. The molecule has 0 aliphatic carbocycles. The number of sulfone groups is 1. The highest BCUT2D eigenvalue weighted by Gasteiger charge is 2.22. The van der Waals surface area contributed by atoms with Crippen molar-refractivity contribution in [3.05, 3.63) is 64.1 Å². The molecule has 1 aromatic heterocycles. The molecule has 0 bridgehead atoms. The molecule has 0 aliphatic rings. The Balaban J connectivity index is 1.91. The van der Waals surface area contributed by atoms with Crippen molar-refractivity contribution in [2.75, 3.05) is 11.0 Å². The van der Waals surface area contributed by atoms with Gasteiger partial charge in [0.15, 0.2) is 9.84 Å². The van der Waals surface area contributed by atoms with Crippen LogP contribution in [0.1, 0.15) is 5.69 Å². The van der Waals surface area contributed by atoms with E-state index in [2.05, 4.69) is 9.71 Å². The smallest absolute Gasteiger partial charge is 0.263 e. The van der Waals surface area contributed by atoms with Gasteiger partial charge < -0.3 is 4.74 Å². The largest absolute Gasteiger partial charge is 0.485 e. The molecule has 0 saturated carbocycles. The first-order valence-corrected chi connectivity index (χ1v) is 12.5. The van der Waals surface area contributed by atoms with E-state index in [1.807, 2.05) is 5.38 Å². The van der Waals surface area contributed by atoms with Crippen molar-refractivity contribution in [3.63, 3.8) is 0 Å². The summed E-state index contributed by atoms with van der Waals surface area (Å²) in [5.41, 5.74) is 2.58. The molecule has 0 unspecified atom stereocenters. The number of benzene rings is 2. The molecule has 0 aliphatic heterocycles. The Kier molecular flexibility index (Phi) is 5.94. The van der Waals surface area contributed by atoms with Crippen LogP contribution in [-0.4, -0.2) is 28.1 Å². The first kappa shape index (κ1) is 20.6. The maximum atomic E-state index is 12.8. The summed E-state index contributed by atoms with van der Waals surface area (Å²) >= 11 is 7.44. The molecule has 0 fully saturated rings. The highest BCUT2D eigenvalue weighted by Crippen LogP contribution is 2.30. The molecule has 148 valence electrons. The maximum Gasteiger partial charge on any atom is 0.263 e. The van der Waals surface area contributed by atoms with Crippen molar-refractivity contribution in [1.82, 2.24) is 4.98 Å². The van der Waals surface area contributed by atoms with Gasteiger partial charge in [-0.3, -0.25) is 4.72 Å². The third kappa shape index (κ3) is 4.82. The van der Waals surface area contributed by atoms with E-state index >= 15 is 0 Å². The quantitative estimate of drug-likeness (QED) is 0.580. The Morgan fingerprint density at radius 1 is 1.14 bits per heavy atom. The summed E-state index contributed by atoms with van der Waals surface area (Å²) in [7, 11) is -7.76. The van der Waals surface area contributed by atoms with Crippen LogP contribution in [0, 0.1) is 0 Å². The van der Waals surface area contributed by atoms with Crippen LogP contribution in [0.4, 0.5) is 5.69 Å². The molecule has 0 radical (unpaired) electrons. The number of para-hydroxylation sites is 2. The van der Waals surface area contributed by atoms with Gasteiger partial charge in [-0.05, 0) is 30.3 Å². The molecule has 0 spiro atoms. The summed E-state index contributed by atoms with van der Waals surface area (Å²) in [5, 5.41) is 1.73. The normalized spacial score (nSPS) is 11.9. The average molecular weight is 459 g/mol. The van der Waals surface area contributed by atoms with E-state index in [9.17, 15) is 16.8 Å². The summed E-state index contributed by atoms with van der Waals surface area (Å²) < 4.78 is 57.2. The Morgan fingerprint density at radius 3 is 2.57 bits per heavy atom. The zero-order chi connectivity index (χ0) is 20.4. The highest BCUT2D eigenvalue weighted by molar-refractivity contribution is 7.93. The van der Waals surface area contributed by atoms with Crippen LogP contribution in [0.15, 0.2) is 63.1 Å². The van der Waals surface area contributed by atoms with Crippen LogP contribution in [-0.2, 0) is 26.5 Å². The number of hydrogen-bond donors (Lipinski definition) is 1. The Labute approximate surface area is 171 Å². The molecule has 11 heteroatoms. The number of aromatic nitrogens is 1. The predicted octanol–water partition coefficient (Wildman–Crippen LogP) is 3.58. The van der Waals surface area contributed by atoms with Crippen molar-refractivity contribution >= 4 is 48.5 Å². The molecular formula is C17H15ClN2O5S3. The first-order chi connectivity index (χ1) is 13.2. The highest BCUT2D eigenvalue weighted by atomic mass is 35.5. The fraction of sp³-hybridized carbons (Fsp3) is 0.118. The Bertz CT molecular complexity index is 1190. The monoisotopic (exact) mass is 458 g/mol. The van der Waals surface area contributed by atoms with E-state index < -0.39 is 19.9 Å². The Hall–Kier alpha value is -2.14. The number of rotatable bonds is 7. The number of nitrogens with one attached hydrogen (secondary N) is 1. The van der Waals surface area contributed by atoms with Crippen LogP contribution in [0.25, 0.3) is 0 Å². The number of ether oxygens (including phenoxy) is 1. The molecule has 3 rings (SSSR count). The van der Waals surface area contributed by atoms with Gasteiger partial charge in [-0.25, -0.2) is 21.8 Å². The minimum absolute atomic E-state index is 0.0965. The van der Waals surface area contributed by atoms with Gasteiger partial charge in [-0.15, -0.1) is 11.3 Å². The van der Waals surface area contributed by atoms with Crippen LogP contribution < -0.4 is 9.46 Å². The standard InChI is InChI=1S/C17H15ClN2O5S3/c1-27(21,22)13-6-7-14(18)17(8-13)28(23,24)20-15-4-2-3-5-16(15)25-9-12-10-26-11-19-12/h2-8,10-11,20H,9H2,1H3. The first-order valence-electron chi connectivity index (χ1n) is 7.78. The van der Waals surface area contributed by atoms with Gasteiger partial charge in [-0.1, -0.05) is 23.7 Å². The van der Waals surface area contributed by atoms with Gasteiger partial charge >= 0.3 is 0 Å². The lowest BCUT2D eigenvalue weighted by Gasteiger charge is -2.14. The molecule has 0 atom stereocenters. The van der Waals surface area contributed by atoms with Gasteiger partial charge in [0.2, 0.25) is 0 Å². The van der Waals surface area contributed by atoms with Gasteiger partial charge in [0, 0.05) is 11.6 Å². The van der Waals surface area contributed by atoms with Gasteiger partial charge in [0.1, 0.15) is 17.3 Å². The van der Waals surface area contributed by atoms with Crippen molar-refractivity contribution < 1.29 is 21.6 Å². The van der Waals surface area contributed by atoms with E-state index in [0.717, 1.165) is 12.3 Å². The summed E-state index contributed by atoms with van der Waals surface area (Å²) in [6.45, 7) is 0.173. The lowest BCUT2D eigenvalue weighted by molar-refractivity contribution is 0.304. The van der Waals surface area contributed by atoms with Crippen molar-refractivity contribution in [2.24, 2.45) is 0 Å². The van der Waals surface area contributed by atoms with Crippen molar-refractivity contribution in [1.29, 1.82) is 0 Å². The van der Waals surface area contributed by atoms with Crippen LogP contribution in [0.2, 0.25) is 5.02 Å². The molecule has 0 saturated heterocycles. The van der Waals surface area contributed by atoms with Crippen LogP contribution in [0.3, 0.4) is 0 Å². The summed E-state index contributed by atoms with van der Waals surface area (Å²) in [6, 6.07) is 9.99. The minimum Gasteiger partial charge on any atom is -0.485 e. The van der Waals surface area contributed by atoms with Crippen LogP contribution >= 0.6 is 22.9 Å². The lowest BCUT2D eigenvalue weighted by Crippen LogP contribution is -2.15. The third-order valence-electron chi connectivity index (χ3n) is 3.61. The summed E-state index contributed by atoms with van der Waals surface area (Å²) in [4.78, 5) is 3.62. The van der Waals surface area contributed by atoms with Crippen LogP contribution in [0.5, 0.6) is 5.75 Å². The topological polar surface area (TPSA) is 102 Å². The van der Waals surface area contributed by atoms with E-state index in [1.165, 1.54) is 29.5 Å². The molecule has 0 amide bonds. The summed E-state index contributed by atoms with van der Waals surface area (Å²) in [5.74, 6) is 0.300. The number of sulfonamides is 1. The van der Waals surface area contributed by atoms with E-state index in [-0.39, 0.29) is 27.1 Å². The van der Waals surface area contributed by atoms with E-state index in [4.69, 9.17) is 16.3 Å². The number of nitrogens with zero attached hydrogens (tertiary/aromatic N) is 1. The van der Waals surface area contributed by atoms with E-state index in [0.29, 0.717) is 11.4 Å². The number of anilines is 1. The zero-order valence-corrected chi connectivity index (χ0v) is 17.7. The summed E-state index contributed by atoms with van der Waals surface area (Å²) in [6.07, 6.45) is 0.988. The lowest BCUT2D eigenvalue weighted by atomic mass is 10.3. The second-order valence-electron chi connectivity index (χ2n) is 5.73. The van der Waals surface area contributed by atoms with Gasteiger partial charge in [-0.2, -0.15) is 0 Å². The average Bonchev–Trinajstić information content (AvgIpc) is 3.13. The van der Waals surface area contributed by atoms with Gasteiger partial charge in [0.05, 0.1) is 26.8 Å².